The fourth-order valence-electron chi connectivity index (χ4n) is 4.23. The third kappa shape index (κ3) is 4.90. The van der Waals surface area contributed by atoms with Crippen LogP contribution in [0.4, 0.5) is 0 Å². The van der Waals surface area contributed by atoms with Crippen LogP contribution in [0.3, 0.4) is 0 Å². The second-order valence-corrected chi connectivity index (χ2v) is 8.60. The first-order chi connectivity index (χ1) is 14.1. The van der Waals surface area contributed by atoms with Gasteiger partial charge in [0.15, 0.2) is 0 Å². The Morgan fingerprint density at radius 1 is 1.24 bits per heavy atom. The lowest BCUT2D eigenvalue weighted by atomic mass is 9.82. The van der Waals surface area contributed by atoms with E-state index in [1.165, 1.54) is 12.8 Å². The zero-order valence-electron chi connectivity index (χ0n) is 16.9. The van der Waals surface area contributed by atoms with E-state index < -0.39 is 0 Å². The molecule has 2 heterocycles. The van der Waals surface area contributed by atoms with Crippen molar-refractivity contribution in [2.24, 2.45) is 5.92 Å². The van der Waals surface area contributed by atoms with Crippen molar-refractivity contribution in [2.45, 2.75) is 38.3 Å². The molecule has 29 heavy (non-hydrogen) atoms. The second-order valence-electron chi connectivity index (χ2n) is 8.22. The van der Waals surface area contributed by atoms with Crippen LogP contribution in [0.2, 0.25) is 5.02 Å². The molecular formula is C23H28ClN3O2. The first-order valence-electron chi connectivity index (χ1n) is 10.4. The first kappa shape index (κ1) is 20.2. The minimum atomic E-state index is 0.0140. The number of benzene rings is 1. The molecule has 0 spiro atoms. The Hall–Kier alpha value is -2.11. The minimum absolute atomic E-state index is 0.0140. The molecule has 1 aromatic carbocycles. The number of rotatable bonds is 7. The minimum Gasteiger partial charge on any atom is -0.489 e. The number of carbonyl (C=O) groups excluding carboxylic acids is 1. The van der Waals surface area contributed by atoms with Gasteiger partial charge >= 0.3 is 0 Å². The molecule has 0 radical (unpaired) electrons. The number of likely N-dealkylation sites (tertiary alicyclic amines) is 1. The highest BCUT2D eigenvalue weighted by Crippen LogP contribution is 2.36. The van der Waals surface area contributed by atoms with Gasteiger partial charge in [0.05, 0.1) is 16.7 Å². The van der Waals surface area contributed by atoms with Gasteiger partial charge in [0.1, 0.15) is 5.75 Å². The summed E-state index contributed by atoms with van der Waals surface area (Å²) in [6.07, 6.45) is 7.89. The van der Waals surface area contributed by atoms with Crippen molar-refractivity contribution in [1.82, 2.24) is 14.8 Å². The summed E-state index contributed by atoms with van der Waals surface area (Å²) in [5.41, 5.74) is 1.77. The predicted octanol–water partition coefficient (Wildman–Crippen LogP) is 4.26. The first-order valence-corrected chi connectivity index (χ1v) is 10.8. The largest absolute Gasteiger partial charge is 0.489 e. The van der Waals surface area contributed by atoms with Gasteiger partial charge in [-0.2, -0.15) is 0 Å². The van der Waals surface area contributed by atoms with Crippen molar-refractivity contribution in [3.05, 3.63) is 58.9 Å². The van der Waals surface area contributed by atoms with E-state index in [2.05, 4.69) is 16.0 Å². The van der Waals surface area contributed by atoms with Crippen molar-refractivity contribution in [3.63, 3.8) is 0 Å². The number of amides is 1. The van der Waals surface area contributed by atoms with Crippen LogP contribution in [0.15, 0.2) is 42.7 Å². The number of nitrogens with zero attached hydrogens (tertiary/aromatic N) is 3. The van der Waals surface area contributed by atoms with Gasteiger partial charge in [0.25, 0.3) is 5.91 Å². The molecule has 1 saturated carbocycles. The summed E-state index contributed by atoms with van der Waals surface area (Å²) in [6.45, 7) is 3.93. The van der Waals surface area contributed by atoms with Crippen LogP contribution in [0.25, 0.3) is 0 Å². The van der Waals surface area contributed by atoms with Crippen molar-refractivity contribution in [1.29, 1.82) is 0 Å². The van der Waals surface area contributed by atoms with E-state index in [-0.39, 0.29) is 12.0 Å². The second kappa shape index (κ2) is 9.14. The molecule has 1 amide bonds. The van der Waals surface area contributed by atoms with Crippen LogP contribution < -0.4 is 4.74 Å². The van der Waals surface area contributed by atoms with Crippen LogP contribution in [0, 0.1) is 5.92 Å². The molecule has 0 atom stereocenters. The number of hydrogen-bond donors (Lipinski definition) is 0. The van der Waals surface area contributed by atoms with Crippen molar-refractivity contribution in [3.8, 4) is 5.75 Å². The van der Waals surface area contributed by atoms with Crippen LogP contribution >= 0.6 is 11.6 Å². The Morgan fingerprint density at radius 3 is 2.76 bits per heavy atom. The quantitative estimate of drug-likeness (QED) is 0.680. The highest BCUT2D eigenvalue weighted by atomic mass is 35.5. The molecule has 2 aromatic rings. The molecule has 5 nitrogen and oxygen atoms in total. The maximum atomic E-state index is 12.5. The molecule has 2 aliphatic rings. The Kier molecular flexibility index (Phi) is 6.36. The number of aromatic nitrogens is 1. The maximum absolute atomic E-state index is 12.5. The monoisotopic (exact) mass is 413 g/mol. The molecule has 0 unspecified atom stereocenters. The van der Waals surface area contributed by atoms with Gasteiger partial charge in [-0.1, -0.05) is 23.7 Å². The van der Waals surface area contributed by atoms with Crippen molar-refractivity contribution in [2.75, 3.05) is 26.7 Å². The van der Waals surface area contributed by atoms with E-state index in [1.54, 1.807) is 29.4 Å². The van der Waals surface area contributed by atoms with Gasteiger partial charge in [0, 0.05) is 32.5 Å². The van der Waals surface area contributed by atoms with Gasteiger partial charge in [-0.05, 0) is 68.5 Å². The number of pyridine rings is 1. The molecule has 4 rings (SSSR count). The summed E-state index contributed by atoms with van der Waals surface area (Å²) in [5.74, 6) is 1.25. The van der Waals surface area contributed by atoms with Crippen molar-refractivity contribution >= 4 is 17.5 Å². The van der Waals surface area contributed by atoms with E-state index in [0.717, 1.165) is 55.4 Å². The summed E-state index contributed by atoms with van der Waals surface area (Å²) in [5, 5.41) is 0.742. The number of ether oxygens (including phenoxy) is 1. The molecule has 1 aliphatic carbocycles. The third-order valence-electron chi connectivity index (χ3n) is 5.91. The molecular weight excluding hydrogens is 386 g/mol. The van der Waals surface area contributed by atoms with Crippen LogP contribution in [0.1, 0.15) is 41.6 Å². The number of carbonyl (C=O) groups is 1. The molecule has 1 saturated heterocycles. The topological polar surface area (TPSA) is 45.7 Å². The van der Waals surface area contributed by atoms with Crippen LogP contribution in [-0.2, 0) is 6.54 Å². The molecule has 154 valence electrons. The molecule has 0 N–H and O–H groups in total. The number of hydrogen-bond acceptors (Lipinski definition) is 4. The predicted molar refractivity (Wildman–Crippen MR) is 114 cm³/mol. The zero-order chi connectivity index (χ0) is 20.2. The molecule has 1 aliphatic heterocycles. The Labute approximate surface area is 177 Å². The zero-order valence-corrected chi connectivity index (χ0v) is 17.6. The van der Waals surface area contributed by atoms with Gasteiger partial charge < -0.3 is 9.64 Å². The lowest BCUT2D eigenvalue weighted by Gasteiger charge is -2.37. The average Bonchev–Trinajstić information content (AvgIpc) is 3.22. The highest BCUT2D eigenvalue weighted by molar-refractivity contribution is 6.32. The van der Waals surface area contributed by atoms with E-state index >= 15 is 0 Å². The lowest BCUT2D eigenvalue weighted by molar-refractivity contribution is 0.0419. The van der Waals surface area contributed by atoms with Crippen LogP contribution in [0.5, 0.6) is 5.75 Å². The van der Waals surface area contributed by atoms with Crippen LogP contribution in [-0.4, -0.2) is 53.5 Å². The maximum Gasteiger partial charge on any atom is 0.255 e. The average molecular weight is 414 g/mol. The standard InChI is InChI=1S/C23H28ClN3O2/c1-26(23(28)18-7-5-9-25-14-18)15-17-12-20(13-17)29-21-8-4-6-19(22(21)24)16-27-10-2-3-11-27/h4-9,14,17,20H,2-3,10-13,15-16H2,1H3. The summed E-state index contributed by atoms with van der Waals surface area (Å²) in [4.78, 5) is 20.7. The third-order valence-corrected chi connectivity index (χ3v) is 6.34. The molecule has 1 aromatic heterocycles. The fourth-order valence-corrected chi connectivity index (χ4v) is 4.46. The van der Waals surface area contributed by atoms with E-state index in [9.17, 15) is 4.79 Å². The van der Waals surface area contributed by atoms with E-state index in [0.29, 0.717) is 11.5 Å². The summed E-state index contributed by atoms with van der Waals surface area (Å²) >= 11 is 6.63. The van der Waals surface area contributed by atoms with E-state index in [4.69, 9.17) is 16.3 Å². The lowest BCUT2D eigenvalue weighted by Crippen LogP contribution is -2.42. The summed E-state index contributed by atoms with van der Waals surface area (Å²) in [7, 11) is 1.85. The summed E-state index contributed by atoms with van der Waals surface area (Å²) < 4.78 is 6.18. The molecule has 2 fully saturated rings. The van der Waals surface area contributed by atoms with Crippen molar-refractivity contribution < 1.29 is 9.53 Å². The smallest absolute Gasteiger partial charge is 0.255 e. The fraction of sp³-hybridized carbons (Fsp3) is 0.478. The van der Waals surface area contributed by atoms with Gasteiger partial charge in [0.2, 0.25) is 0 Å². The summed E-state index contributed by atoms with van der Waals surface area (Å²) in [6, 6.07) is 9.67. The number of halogens is 1. The van der Waals surface area contributed by atoms with Gasteiger partial charge in [-0.3, -0.25) is 14.7 Å². The van der Waals surface area contributed by atoms with Gasteiger partial charge in [-0.15, -0.1) is 0 Å². The SMILES string of the molecule is CN(CC1CC(Oc2cccc(CN3CCCC3)c2Cl)C1)C(=O)c1cccnc1. The normalized spacial score (nSPS) is 21.6. The van der Waals surface area contributed by atoms with E-state index in [1.807, 2.05) is 19.2 Å². The molecule has 0 bridgehead atoms. The molecule has 6 heteroatoms. The van der Waals surface area contributed by atoms with Gasteiger partial charge in [-0.25, -0.2) is 0 Å². The Balaban J connectivity index is 1.27. The highest BCUT2D eigenvalue weighted by Gasteiger charge is 2.33. The Bertz CT molecular complexity index is 833. The Morgan fingerprint density at radius 2 is 2.03 bits per heavy atom.